The van der Waals surface area contributed by atoms with Gasteiger partial charge in [0.05, 0.1) is 10.2 Å². The van der Waals surface area contributed by atoms with Crippen molar-refractivity contribution in [2.24, 2.45) is 0 Å². The Bertz CT molecular complexity index is 860. The third-order valence-corrected chi connectivity index (χ3v) is 6.03. The SMILES string of the molecule is CCCCN(CCCC)C(C)Oc1ccc(/C=C/c2nc3ccccc3s2)cc1. The molecular formula is C25H32N2OS. The zero-order valence-corrected chi connectivity index (χ0v) is 18.6. The Morgan fingerprint density at radius 1 is 0.966 bits per heavy atom. The molecule has 0 bridgehead atoms. The highest BCUT2D eigenvalue weighted by Gasteiger charge is 2.14. The largest absolute Gasteiger partial charge is 0.475 e. The summed E-state index contributed by atoms with van der Waals surface area (Å²) in [5.41, 5.74) is 2.21. The molecule has 3 rings (SSSR count). The monoisotopic (exact) mass is 408 g/mol. The number of nitrogens with zero attached hydrogens (tertiary/aromatic N) is 2. The second-order valence-electron chi connectivity index (χ2n) is 7.38. The van der Waals surface area contributed by atoms with Crippen molar-refractivity contribution in [1.29, 1.82) is 0 Å². The average Bonchev–Trinajstić information content (AvgIpc) is 3.16. The van der Waals surface area contributed by atoms with Crippen molar-refractivity contribution in [2.45, 2.75) is 52.7 Å². The summed E-state index contributed by atoms with van der Waals surface area (Å²) >= 11 is 1.72. The second-order valence-corrected chi connectivity index (χ2v) is 8.44. The number of hydrogen-bond acceptors (Lipinski definition) is 4. The molecule has 0 aliphatic heterocycles. The Hall–Kier alpha value is -2.17. The molecule has 0 N–H and O–H groups in total. The Kier molecular flexibility index (Phi) is 8.26. The van der Waals surface area contributed by atoms with Crippen LogP contribution in [0.2, 0.25) is 0 Å². The maximum Gasteiger partial charge on any atom is 0.149 e. The van der Waals surface area contributed by atoms with Crippen LogP contribution in [0.5, 0.6) is 5.75 Å². The van der Waals surface area contributed by atoms with Crippen LogP contribution in [0.3, 0.4) is 0 Å². The van der Waals surface area contributed by atoms with Crippen LogP contribution in [-0.4, -0.2) is 29.2 Å². The quantitative estimate of drug-likeness (QED) is 0.317. The maximum absolute atomic E-state index is 6.22. The molecule has 1 heterocycles. The minimum absolute atomic E-state index is 0.0947. The highest BCUT2D eigenvalue weighted by Crippen LogP contribution is 2.23. The molecule has 1 atom stereocenters. The number of rotatable bonds is 11. The molecular weight excluding hydrogens is 376 g/mol. The van der Waals surface area contributed by atoms with Crippen molar-refractivity contribution in [3.05, 3.63) is 59.1 Å². The second kappa shape index (κ2) is 11.1. The molecule has 1 unspecified atom stereocenters. The van der Waals surface area contributed by atoms with E-state index in [9.17, 15) is 0 Å². The Balaban J connectivity index is 1.59. The fraction of sp³-hybridized carbons (Fsp3) is 0.400. The van der Waals surface area contributed by atoms with E-state index < -0.39 is 0 Å². The summed E-state index contributed by atoms with van der Waals surface area (Å²) in [5.74, 6) is 0.924. The van der Waals surface area contributed by atoms with Gasteiger partial charge in [0.1, 0.15) is 17.0 Å². The summed E-state index contributed by atoms with van der Waals surface area (Å²) in [5, 5.41) is 1.03. The molecule has 1 aromatic heterocycles. The van der Waals surface area contributed by atoms with Crippen molar-refractivity contribution >= 4 is 33.7 Å². The van der Waals surface area contributed by atoms with Gasteiger partial charge < -0.3 is 4.74 Å². The highest BCUT2D eigenvalue weighted by molar-refractivity contribution is 7.19. The van der Waals surface area contributed by atoms with E-state index >= 15 is 0 Å². The lowest BCUT2D eigenvalue weighted by molar-refractivity contribution is 0.0375. The van der Waals surface area contributed by atoms with Gasteiger partial charge in [0, 0.05) is 13.1 Å². The van der Waals surface area contributed by atoms with Gasteiger partial charge in [-0.25, -0.2) is 4.98 Å². The zero-order valence-electron chi connectivity index (χ0n) is 17.8. The van der Waals surface area contributed by atoms with E-state index in [0.717, 1.165) is 34.9 Å². The van der Waals surface area contributed by atoms with Crippen molar-refractivity contribution < 1.29 is 4.74 Å². The number of aromatic nitrogens is 1. The fourth-order valence-electron chi connectivity index (χ4n) is 3.26. The summed E-state index contributed by atoms with van der Waals surface area (Å²) in [4.78, 5) is 7.11. The summed E-state index contributed by atoms with van der Waals surface area (Å²) in [7, 11) is 0. The van der Waals surface area contributed by atoms with Gasteiger partial charge in [-0.15, -0.1) is 11.3 Å². The molecule has 3 nitrogen and oxygen atoms in total. The Labute approximate surface area is 179 Å². The normalized spacial score (nSPS) is 12.8. The standard InChI is InChI=1S/C25H32N2OS/c1-4-6-18-27(19-7-5-2)20(3)28-22-15-12-21(13-16-22)14-17-25-26-23-10-8-9-11-24(23)29-25/h8-17,20H,4-7,18-19H2,1-3H3/b17-14+. The predicted octanol–water partition coefficient (Wildman–Crippen LogP) is 7.09. The van der Waals surface area contributed by atoms with E-state index in [4.69, 9.17) is 4.74 Å². The molecule has 2 aromatic carbocycles. The first-order chi connectivity index (χ1) is 14.2. The van der Waals surface area contributed by atoms with Gasteiger partial charge in [0.15, 0.2) is 0 Å². The molecule has 154 valence electrons. The topological polar surface area (TPSA) is 25.4 Å². The van der Waals surface area contributed by atoms with E-state index in [1.54, 1.807) is 11.3 Å². The molecule has 0 radical (unpaired) electrons. The Morgan fingerprint density at radius 3 is 2.31 bits per heavy atom. The molecule has 3 aromatic rings. The first-order valence-corrected chi connectivity index (χ1v) is 11.6. The lowest BCUT2D eigenvalue weighted by Crippen LogP contribution is -2.38. The first kappa shape index (κ1) is 21.5. The maximum atomic E-state index is 6.22. The number of fused-ring (bicyclic) bond motifs is 1. The lowest BCUT2D eigenvalue weighted by atomic mass is 10.2. The number of hydrogen-bond donors (Lipinski definition) is 0. The van der Waals surface area contributed by atoms with Crippen molar-refractivity contribution in [3.63, 3.8) is 0 Å². The van der Waals surface area contributed by atoms with E-state index in [-0.39, 0.29) is 6.23 Å². The van der Waals surface area contributed by atoms with Crippen LogP contribution in [0, 0.1) is 0 Å². The molecule has 0 spiro atoms. The summed E-state index contributed by atoms with van der Waals surface area (Å²) in [6, 6.07) is 16.6. The third kappa shape index (κ3) is 6.41. The number of para-hydroxylation sites is 1. The van der Waals surface area contributed by atoms with Gasteiger partial charge in [-0.3, -0.25) is 4.90 Å². The van der Waals surface area contributed by atoms with Crippen LogP contribution < -0.4 is 4.74 Å². The van der Waals surface area contributed by atoms with Gasteiger partial charge in [-0.05, 0) is 55.7 Å². The summed E-state index contributed by atoms with van der Waals surface area (Å²) in [6.45, 7) is 8.84. The van der Waals surface area contributed by atoms with Crippen molar-refractivity contribution in [3.8, 4) is 5.75 Å². The molecule has 0 saturated heterocycles. The molecule has 29 heavy (non-hydrogen) atoms. The molecule has 0 saturated carbocycles. The van der Waals surface area contributed by atoms with E-state index in [2.05, 4.69) is 85.3 Å². The first-order valence-electron chi connectivity index (χ1n) is 10.7. The highest BCUT2D eigenvalue weighted by atomic mass is 32.1. The molecule has 0 aliphatic carbocycles. The van der Waals surface area contributed by atoms with E-state index in [1.165, 1.54) is 30.4 Å². The molecule has 0 amide bonds. The minimum Gasteiger partial charge on any atom is -0.475 e. The summed E-state index contributed by atoms with van der Waals surface area (Å²) < 4.78 is 7.44. The van der Waals surface area contributed by atoms with Crippen LogP contribution in [0.1, 0.15) is 57.0 Å². The summed E-state index contributed by atoms with van der Waals surface area (Å²) in [6.07, 6.45) is 9.15. The van der Waals surface area contributed by atoms with Gasteiger partial charge >= 0.3 is 0 Å². The van der Waals surface area contributed by atoms with Crippen LogP contribution >= 0.6 is 11.3 Å². The van der Waals surface area contributed by atoms with Crippen molar-refractivity contribution in [2.75, 3.05) is 13.1 Å². The van der Waals surface area contributed by atoms with Gasteiger partial charge in [-0.1, -0.05) is 57.0 Å². The molecule has 0 fully saturated rings. The third-order valence-electron chi connectivity index (χ3n) is 5.03. The molecule has 0 aliphatic rings. The van der Waals surface area contributed by atoms with Gasteiger partial charge in [-0.2, -0.15) is 0 Å². The van der Waals surface area contributed by atoms with E-state index in [1.807, 2.05) is 6.07 Å². The predicted molar refractivity (Wildman–Crippen MR) is 126 cm³/mol. The van der Waals surface area contributed by atoms with Crippen LogP contribution in [0.25, 0.3) is 22.4 Å². The van der Waals surface area contributed by atoms with Crippen LogP contribution in [0.4, 0.5) is 0 Å². The Morgan fingerprint density at radius 2 is 1.66 bits per heavy atom. The average molecular weight is 409 g/mol. The van der Waals surface area contributed by atoms with Gasteiger partial charge in [0.25, 0.3) is 0 Å². The van der Waals surface area contributed by atoms with Gasteiger partial charge in [0.2, 0.25) is 0 Å². The smallest absolute Gasteiger partial charge is 0.149 e. The number of thiazole rings is 1. The minimum atomic E-state index is 0.0947. The fourth-order valence-corrected chi connectivity index (χ4v) is 4.13. The molecule has 4 heteroatoms. The number of unbranched alkanes of at least 4 members (excludes halogenated alkanes) is 2. The lowest BCUT2D eigenvalue weighted by Gasteiger charge is -2.29. The van der Waals surface area contributed by atoms with Crippen LogP contribution in [0.15, 0.2) is 48.5 Å². The zero-order chi connectivity index (χ0) is 20.5. The van der Waals surface area contributed by atoms with Crippen LogP contribution in [-0.2, 0) is 0 Å². The van der Waals surface area contributed by atoms with E-state index in [0.29, 0.717) is 0 Å². The van der Waals surface area contributed by atoms with Crippen molar-refractivity contribution in [1.82, 2.24) is 9.88 Å². The number of ether oxygens (including phenoxy) is 1. The number of benzene rings is 2.